The Hall–Kier alpha value is -2.29. The van der Waals surface area contributed by atoms with Crippen molar-refractivity contribution in [3.8, 4) is 5.75 Å². The Morgan fingerprint density at radius 3 is 2.60 bits per heavy atom. The van der Waals surface area contributed by atoms with Gasteiger partial charge in [-0.2, -0.15) is 0 Å². The zero-order valence-electron chi connectivity index (χ0n) is 15.8. The van der Waals surface area contributed by atoms with Gasteiger partial charge >= 0.3 is 0 Å². The Morgan fingerprint density at radius 1 is 1.16 bits per heavy atom. The molecule has 1 N–H and O–H groups in total. The molecular weight excluding hydrogens is 310 g/mol. The van der Waals surface area contributed by atoms with Gasteiger partial charge in [0.15, 0.2) is 6.61 Å². The second-order valence-corrected chi connectivity index (χ2v) is 6.77. The fourth-order valence-electron chi connectivity index (χ4n) is 2.96. The largest absolute Gasteiger partial charge is 0.483 e. The van der Waals surface area contributed by atoms with Crippen molar-refractivity contribution in [3.05, 3.63) is 59.2 Å². The molecule has 0 fully saturated rings. The van der Waals surface area contributed by atoms with Gasteiger partial charge in [-0.1, -0.05) is 51.5 Å². The smallest absolute Gasteiger partial charge is 0.262 e. The minimum Gasteiger partial charge on any atom is -0.483 e. The molecule has 0 spiro atoms. The van der Waals surface area contributed by atoms with E-state index in [1.807, 2.05) is 30.3 Å². The lowest BCUT2D eigenvalue weighted by atomic mass is 9.98. The van der Waals surface area contributed by atoms with E-state index in [9.17, 15) is 4.79 Å². The Bertz CT molecular complexity index is 707. The first kappa shape index (κ1) is 19.0. The van der Waals surface area contributed by atoms with Crippen molar-refractivity contribution >= 4 is 11.6 Å². The highest BCUT2D eigenvalue weighted by Gasteiger charge is 2.09. The molecule has 2 rings (SSSR count). The van der Waals surface area contributed by atoms with E-state index in [2.05, 4.69) is 45.1 Å². The molecule has 0 radical (unpaired) electrons. The van der Waals surface area contributed by atoms with Gasteiger partial charge < -0.3 is 10.1 Å². The predicted octanol–water partition coefficient (Wildman–Crippen LogP) is 5.48. The first-order valence-electron chi connectivity index (χ1n) is 9.12. The fourth-order valence-corrected chi connectivity index (χ4v) is 2.96. The molecule has 0 aliphatic heterocycles. The van der Waals surface area contributed by atoms with Gasteiger partial charge in [0.2, 0.25) is 0 Å². The van der Waals surface area contributed by atoms with E-state index in [4.69, 9.17) is 4.74 Å². The highest BCUT2D eigenvalue weighted by molar-refractivity contribution is 5.92. The van der Waals surface area contributed by atoms with Crippen LogP contribution in [-0.2, 0) is 11.2 Å². The normalized spacial score (nSPS) is 10.8. The van der Waals surface area contributed by atoms with E-state index in [0.717, 1.165) is 36.3 Å². The molecule has 0 bridgehead atoms. The van der Waals surface area contributed by atoms with Crippen LogP contribution in [0.2, 0.25) is 0 Å². The van der Waals surface area contributed by atoms with E-state index in [0.29, 0.717) is 5.92 Å². The highest BCUT2D eigenvalue weighted by Crippen LogP contribution is 2.23. The van der Waals surface area contributed by atoms with Gasteiger partial charge in [0.25, 0.3) is 5.91 Å². The number of para-hydroxylation sites is 1. The molecule has 0 saturated carbocycles. The van der Waals surface area contributed by atoms with E-state index in [1.54, 1.807) is 0 Å². The number of unbranched alkanes of at least 4 members (excludes halogenated alkanes) is 1. The minimum atomic E-state index is -0.137. The number of anilines is 1. The average Bonchev–Trinajstić information content (AvgIpc) is 2.58. The van der Waals surface area contributed by atoms with Gasteiger partial charge in [-0.25, -0.2) is 0 Å². The van der Waals surface area contributed by atoms with Crippen LogP contribution in [0.3, 0.4) is 0 Å². The van der Waals surface area contributed by atoms with Crippen LogP contribution in [0.5, 0.6) is 5.75 Å². The van der Waals surface area contributed by atoms with Crippen LogP contribution in [0, 0.1) is 6.92 Å². The summed E-state index contributed by atoms with van der Waals surface area (Å²) < 4.78 is 5.75. The summed E-state index contributed by atoms with van der Waals surface area (Å²) in [6.07, 6.45) is 3.23. The summed E-state index contributed by atoms with van der Waals surface area (Å²) in [5.41, 5.74) is 4.47. The predicted molar refractivity (Wildman–Crippen MR) is 104 cm³/mol. The molecule has 0 unspecified atom stereocenters. The molecule has 0 atom stereocenters. The first-order valence-corrected chi connectivity index (χ1v) is 9.12. The lowest BCUT2D eigenvalue weighted by Crippen LogP contribution is -2.20. The van der Waals surface area contributed by atoms with E-state index in [-0.39, 0.29) is 12.5 Å². The molecule has 3 heteroatoms. The maximum atomic E-state index is 12.2. The van der Waals surface area contributed by atoms with Crippen LogP contribution < -0.4 is 10.1 Å². The molecular formula is C22H29NO2. The van der Waals surface area contributed by atoms with E-state index in [1.165, 1.54) is 11.1 Å². The summed E-state index contributed by atoms with van der Waals surface area (Å²) >= 11 is 0. The van der Waals surface area contributed by atoms with Crippen molar-refractivity contribution in [2.75, 3.05) is 11.9 Å². The van der Waals surface area contributed by atoms with Crippen molar-refractivity contribution in [1.29, 1.82) is 0 Å². The number of ether oxygens (including phenoxy) is 1. The number of carbonyl (C=O) groups excluding carboxylic acids is 1. The molecule has 0 aliphatic rings. The topological polar surface area (TPSA) is 38.3 Å². The van der Waals surface area contributed by atoms with Crippen LogP contribution in [0.25, 0.3) is 0 Å². The molecule has 0 saturated heterocycles. The van der Waals surface area contributed by atoms with Crippen LogP contribution in [0.1, 0.15) is 56.2 Å². The molecule has 2 aromatic carbocycles. The summed E-state index contributed by atoms with van der Waals surface area (Å²) in [7, 11) is 0. The molecule has 0 aliphatic carbocycles. The number of hydrogen-bond acceptors (Lipinski definition) is 2. The third-order valence-corrected chi connectivity index (χ3v) is 4.31. The summed E-state index contributed by atoms with van der Waals surface area (Å²) in [4.78, 5) is 12.2. The number of rotatable bonds is 8. The fraction of sp³-hybridized carbons (Fsp3) is 0.409. The molecule has 25 heavy (non-hydrogen) atoms. The average molecular weight is 339 g/mol. The summed E-state index contributed by atoms with van der Waals surface area (Å²) in [6.45, 7) is 8.61. The molecule has 2 aromatic rings. The Morgan fingerprint density at radius 2 is 1.92 bits per heavy atom. The van der Waals surface area contributed by atoms with Gasteiger partial charge in [-0.15, -0.1) is 0 Å². The van der Waals surface area contributed by atoms with E-state index >= 15 is 0 Å². The maximum absolute atomic E-state index is 12.2. The first-order chi connectivity index (χ1) is 12.0. The number of aryl methyl sites for hydroxylation is 2. The van der Waals surface area contributed by atoms with Gasteiger partial charge in [-0.05, 0) is 60.6 Å². The molecule has 1 amide bonds. The molecule has 134 valence electrons. The Labute approximate surface area is 151 Å². The zero-order chi connectivity index (χ0) is 18.2. The van der Waals surface area contributed by atoms with Gasteiger partial charge in [0.1, 0.15) is 5.75 Å². The van der Waals surface area contributed by atoms with Gasteiger partial charge in [-0.3, -0.25) is 4.79 Å². The number of hydrogen-bond donors (Lipinski definition) is 1. The van der Waals surface area contributed by atoms with Crippen LogP contribution in [-0.4, -0.2) is 12.5 Å². The van der Waals surface area contributed by atoms with Gasteiger partial charge in [0, 0.05) is 5.69 Å². The van der Waals surface area contributed by atoms with Crippen LogP contribution >= 0.6 is 0 Å². The summed E-state index contributed by atoms with van der Waals surface area (Å²) in [5.74, 6) is 1.15. The monoisotopic (exact) mass is 339 g/mol. The maximum Gasteiger partial charge on any atom is 0.262 e. The second-order valence-electron chi connectivity index (χ2n) is 6.77. The number of nitrogens with one attached hydrogen (secondary N) is 1. The number of amides is 1. The minimum absolute atomic E-state index is 0.0219. The zero-order valence-corrected chi connectivity index (χ0v) is 15.8. The summed E-state index contributed by atoms with van der Waals surface area (Å²) in [5, 5.41) is 2.92. The van der Waals surface area contributed by atoms with Crippen molar-refractivity contribution in [1.82, 2.24) is 0 Å². The quantitative estimate of drug-likeness (QED) is 0.691. The van der Waals surface area contributed by atoms with Crippen molar-refractivity contribution in [3.63, 3.8) is 0 Å². The van der Waals surface area contributed by atoms with Gasteiger partial charge in [0.05, 0.1) is 0 Å². The van der Waals surface area contributed by atoms with Crippen molar-refractivity contribution in [2.45, 2.75) is 52.9 Å². The Balaban J connectivity index is 1.94. The van der Waals surface area contributed by atoms with Crippen molar-refractivity contribution < 1.29 is 9.53 Å². The third-order valence-electron chi connectivity index (χ3n) is 4.31. The number of carbonyl (C=O) groups is 1. The lowest BCUT2D eigenvalue weighted by molar-refractivity contribution is -0.118. The van der Waals surface area contributed by atoms with Crippen LogP contribution in [0.4, 0.5) is 5.69 Å². The molecule has 0 heterocycles. The van der Waals surface area contributed by atoms with Crippen LogP contribution in [0.15, 0.2) is 42.5 Å². The molecule has 3 nitrogen and oxygen atoms in total. The second kappa shape index (κ2) is 9.26. The SMILES string of the molecule is CCCCc1ccccc1OCC(=O)Nc1ccc(C(C)C)c(C)c1. The standard InChI is InChI=1S/C22H29NO2/c1-5-6-9-18-10-7-8-11-21(18)25-15-22(24)23-19-12-13-20(16(2)3)17(4)14-19/h7-8,10-14,16H,5-6,9,15H2,1-4H3,(H,23,24). The number of benzene rings is 2. The van der Waals surface area contributed by atoms with Crippen molar-refractivity contribution in [2.24, 2.45) is 0 Å². The molecule has 0 aromatic heterocycles. The third kappa shape index (κ3) is 5.63. The lowest BCUT2D eigenvalue weighted by Gasteiger charge is -2.13. The Kier molecular flexibility index (Phi) is 7.05. The highest BCUT2D eigenvalue weighted by atomic mass is 16.5. The van der Waals surface area contributed by atoms with E-state index < -0.39 is 0 Å². The summed E-state index contributed by atoms with van der Waals surface area (Å²) in [6, 6.07) is 14.0.